The van der Waals surface area contributed by atoms with Gasteiger partial charge in [0.25, 0.3) is 0 Å². The highest BCUT2D eigenvalue weighted by molar-refractivity contribution is 6.44. The van der Waals surface area contributed by atoms with Crippen LogP contribution in [0.2, 0.25) is 6.04 Å². The fourth-order valence-corrected chi connectivity index (χ4v) is 3.38. The average Bonchev–Trinajstić information content (AvgIpc) is 2.33. The number of rotatable bonds is 11. The first-order chi connectivity index (χ1) is 7.78. The average molecular weight is 244 g/mol. The van der Waals surface area contributed by atoms with E-state index >= 15 is 0 Å². The lowest BCUT2D eigenvalue weighted by atomic mass is 10.0. The molecule has 0 aromatic carbocycles. The van der Waals surface area contributed by atoms with E-state index in [0.29, 0.717) is 5.92 Å². The second kappa shape index (κ2) is 11.4. The largest absolute Gasteiger partial charge is 0.400 e. The SMILES string of the molecule is C=CC(CCCCCCC)C[SiH](OC)OC. The van der Waals surface area contributed by atoms with Crippen molar-refractivity contribution in [3.8, 4) is 0 Å². The molecule has 0 aliphatic carbocycles. The smallest absolute Gasteiger partial charge is 0.321 e. The van der Waals surface area contributed by atoms with Crippen LogP contribution in [0.15, 0.2) is 12.7 Å². The van der Waals surface area contributed by atoms with E-state index in [-0.39, 0.29) is 0 Å². The molecule has 16 heavy (non-hydrogen) atoms. The van der Waals surface area contributed by atoms with Gasteiger partial charge in [0.2, 0.25) is 0 Å². The molecule has 0 bridgehead atoms. The van der Waals surface area contributed by atoms with Crippen LogP contribution in [-0.4, -0.2) is 23.5 Å². The highest BCUT2D eigenvalue weighted by atomic mass is 28.3. The molecule has 2 nitrogen and oxygen atoms in total. The first-order valence-electron chi connectivity index (χ1n) is 6.46. The third-order valence-corrected chi connectivity index (χ3v) is 5.07. The lowest BCUT2D eigenvalue weighted by Crippen LogP contribution is -2.22. The Balaban J connectivity index is 3.61. The molecule has 0 aromatic rings. The van der Waals surface area contributed by atoms with Crippen molar-refractivity contribution in [1.82, 2.24) is 0 Å². The van der Waals surface area contributed by atoms with Crippen molar-refractivity contribution in [2.24, 2.45) is 5.92 Å². The summed E-state index contributed by atoms with van der Waals surface area (Å²) in [6.07, 6.45) is 10.0. The third kappa shape index (κ3) is 8.08. The van der Waals surface area contributed by atoms with Crippen LogP contribution < -0.4 is 0 Å². The van der Waals surface area contributed by atoms with E-state index in [1.807, 2.05) is 0 Å². The van der Waals surface area contributed by atoms with Crippen molar-refractivity contribution in [2.45, 2.75) is 51.5 Å². The van der Waals surface area contributed by atoms with Crippen molar-refractivity contribution >= 4 is 9.28 Å². The van der Waals surface area contributed by atoms with Crippen LogP contribution in [0.5, 0.6) is 0 Å². The van der Waals surface area contributed by atoms with E-state index in [0.717, 1.165) is 6.04 Å². The molecule has 0 aliphatic heterocycles. The highest BCUT2D eigenvalue weighted by Crippen LogP contribution is 2.18. The zero-order valence-corrected chi connectivity index (χ0v) is 12.4. The van der Waals surface area contributed by atoms with Gasteiger partial charge in [0.1, 0.15) is 0 Å². The van der Waals surface area contributed by atoms with E-state index < -0.39 is 9.28 Å². The molecule has 0 aromatic heterocycles. The molecule has 0 heterocycles. The van der Waals surface area contributed by atoms with Gasteiger partial charge in [-0.1, -0.05) is 45.1 Å². The standard InChI is InChI=1S/C13H28O2Si/c1-5-7-8-9-10-11-13(6-2)12-16(14-3)15-4/h6,13,16H,2,5,7-12H2,1,3-4H3. The summed E-state index contributed by atoms with van der Waals surface area (Å²) in [4.78, 5) is 0. The number of allylic oxidation sites excluding steroid dienone is 1. The fourth-order valence-electron chi connectivity index (χ4n) is 1.88. The van der Waals surface area contributed by atoms with Crippen LogP contribution in [0.4, 0.5) is 0 Å². The van der Waals surface area contributed by atoms with E-state index in [9.17, 15) is 0 Å². The molecular formula is C13H28O2Si. The van der Waals surface area contributed by atoms with Crippen molar-refractivity contribution in [3.05, 3.63) is 12.7 Å². The van der Waals surface area contributed by atoms with Crippen molar-refractivity contribution in [3.63, 3.8) is 0 Å². The molecule has 0 saturated carbocycles. The van der Waals surface area contributed by atoms with Crippen molar-refractivity contribution < 1.29 is 8.85 Å². The maximum Gasteiger partial charge on any atom is 0.321 e. The Morgan fingerprint density at radius 3 is 2.25 bits per heavy atom. The van der Waals surface area contributed by atoms with Crippen LogP contribution in [0.1, 0.15) is 45.4 Å². The Bertz CT molecular complexity index is 158. The monoisotopic (exact) mass is 244 g/mol. The van der Waals surface area contributed by atoms with Gasteiger partial charge < -0.3 is 8.85 Å². The van der Waals surface area contributed by atoms with Crippen LogP contribution in [0, 0.1) is 5.92 Å². The summed E-state index contributed by atoms with van der Waals surface area (Å²) in [5.74, 6) is 0.582. The van der Waals surface area contributed by atoms with Gasteiger partial charge in [0, 0.05) is 14.2 Å². The minimum atomic E-state index is -1.40. The Morgan fingerprint density at radius 1 is 1.12 bits per heavy atom. The Kier molecular flexibility index (Phi) is 11.3. The van der Waals surface area contributed by atoms with Gasteiger partial charge in [-0.05, 0) is 18.4 Å². The van der Waals surface area contributed by atoms with Crippen LogP contribution in [0.3, 0.4) is 0 Å². The quantitative estimate of drug-likeness (QED) is 0.314. The topological polar surface area (TPSA) is 18.5 Å². The van der Waals surface area contributed by atoms with Gasteiger partial charge in [0.15, 0.2) is 0 Å². The van der Waals surface area contributed by atoms with E-state index in [1.165, 1.54) is 38.5 Å². The summed E-state index contributed by atoms with van der Waals surface area (Å²) in [6, 6.07) is 1.06. The van der Waals surface area contributed by atoms with E-state index in [1.54, 1.807) is 14.2 Å². The second-order valence-corrected chi connectivity index (χ2v) is 6.61. The zero-order chi connectivity index (χ0) is 12.2. The van der Waals surface area contributed by atoms with Gasteiger partial charge in [-0.15, -0.1) is 6.58 Å². The van der Waals surface area contributed by atoms with Crippen molar-refractivity contribution in [1.29, 1.82) is 0 Å². The van der Waals surface area contributed by atoms with Crippen LogP contribution in [0.25, 0.3) is 0 Å². The normalized spacial score (nSPS) is 13.0. The van der Waals surface area contributed by atoms with Gasteiger partial charge >= 0.3 is 9.28 Å². The van der Waals surface area contributed by atoms with Gasteiger partial charge in [-0.2, -0.15) is 0 Å². The minimum absolute atomic E-state index is 0.582. The van der Waals surface area contributed by atoms with Crippen LogP contribution >= 0.6 is 0 Å². The molecule has 0 fully saturated rings. The maximum absolute atomic E-state index is 5.35. The zero-order valence-electron chi connectivity index (χ0n) is 11.2. The lowest BCUT2D eigenvalue weighted by Gasteiger charge is -2.17. The second-order valence-electron chi connectivity index (χ2n) is 4.34. The summed E-state index contributed by atoms with van der Waals surface area (Å²) in [5, 5.41) is 0. The molecular weight excluding hydrogens is 216 g/mol. The molecule has 0 amide bonds. The number of hydrogen-bond acceptors (Lipinski definition) is 2. The Morgan fingerprint density at radius 2 is 1.75 bits per heavy atom. The predicted molar refractivity (Wildman–Crippen MR) is 73.0 cm³/mol. The van der Waals surface area contributed by atoms with Crippen LogP contribution in [-0.2, 0) is 8.85 Å². The summed E-state index contributed by atoms with van der Waals surface area (Å²) in [7, 11) is 2.10. The summed E-state index contributed by atoms with van der Waals surface area (Å²) < 4.78 is 10.7. The summed E-state index contributed by atoms with van der Waals surface area (Å²) >= 11 is 0. The minimum Gasteiger partial charge on any atom is -0.400 e. The molecule has 1 unspecified atom stereocenters. The Labute approximate surface area is 103 Å². The maximum atomic E-state index is 5.35. The molecule has 1 atom stereocenters. The predicted octanol–water partition coefficient (Wildman–Crippen LogP) is 3.66. The molecule has 0 aliphatic rings. The van der Waals surface area contributed by atoms with Gasteiger partial charge in [-0.3, -0.25) is 0 Å². The van der Waals surface area contributed by atoms with E-state index in [4.69, 9.17) is 8.85 Å². The molecule has 3 heteroatoms. The summed E-state index contributed by atoms with van der Waals surface area (Å²) in [6.45, 7) is 6.16. The fraction of sp³-hybridized carbons (Fsp3) is 0.846. The molecule has 0 spiro atoms. The Hall–Kier alpha value is -0.123. The lowest BCUT2D eigenvalue weighted by molar-refractivity contribution is 0.271. The number of unbranched alkanes of at least 4 members (excludes halogenated alkanes) is 4. The third-order valence-electron chi connectivity index (χ3n) is 3.03. The number of hydrogen-bond donors (Lipinski definition) is 0. The molecule has 0 saturated heterocycles. The molecule has 0 N–H and O–H groups in total. The molecule has 0 rings (SSSR count). The molecule has 96 valence electrons. The van der Waals surface area contributed by atoms with Crippen molar-refractivity contribution in [2.75, 3.05) is 14.2 Å². The highest BCUT2D eigenvalue weighted by Gasteiger charge is 2.15. The van der Waals surface area contributed by atoms with Gasteiger partial charge in [-0.25, -0.2) is 0 Å². The summed E-state index contributed by atoms with van der Waals surface area (Å²) in [5.41, 5.74) is 0. The van der Waals surface area contributed by atoms with Gasteiger partial charge in [0.05, 0.1) is 0 Å². The first-order valence-corrected chi connectivity index (χ1v) is 8.22. The molecule has 0 radical (unpaired) electrons. The van der Waals surface area contributed by atoms with E-state index in [2.05, 4.69) is 19.6 Å². The first kappa shape index (κ1) is 15.9.